The first-order valence-electron chi connectivity index (χ1n) is 10.8. The van der Waals surface area contributed by atoms with E-state index in [2.05, 4.69) is 32.5 Å². The van der Waals surface area contributed by atoms with Crippen molar-refractivity contribution < 1.29 is 23.8 Å². The smallest absolute Gasteiger partial charge is 0.308 e. The van der Waals surface area contributed by atoms with Gasteiger partial charge in [-0.25, -0.2) is 5.43 Å². The first-order valence-corrected chi connectivity index (χ1v) is 10.8. The zero-order valence-corrected chi connectivity index (χ0v) is 19.2. The summed E-state index contributed by atoms with van der Waals surface area (Å²) >= 11 is 0. The minimum absolute atomic E-state index is 0.160. The Kier molecular flexibility index (Phi) is 8.65. The molecule has 1 amide bonds. The lowest BCUT2D eigenvalue weighted by Crippen LogP contribution is -2.47. The molecule has 1 aliphatic heterocycles. The van der Waals surface area contributed by atoms with Gasteiger partial charge in [0.05, 0.1) is 20.4 Å². The number of rotatable bonds is 9. The van der Waals surface area contributed by atoms with Crippen LogP contribution in [0.1, 0.15) is 18.9 Å². The second-order valence-electron chi connectivity index (χ2n) is 7.56. The Morgan fingerprint density at radius 3 is 2.24 bits per heavy atom. The molecule has 33 heavy (non-hydrogen) atoms. The number of hydrazone groups is 1. The van der Waals surface area contributed by atoms with Gasteiger partial charge in [0.25, 0.3) is 0 Å². The highest BCUT2D eigenvalue weighted by Gasteiger charge is 2.18. The molecule has 0 saturated carbocycles. The number of hydrogen-bond acceptors (Lipinski definition) is 8. The van der Waals surface area contributed by atoms with Gasteiger partial charge < -0.3 is 19.1 Å². The Bertz CT molecular complexity index is 947. The van der Waals surface area contributed by atoms with E-state index in [0.717, 1.165) is 26.2 Å². The highest BCUT2D eigenvalue weighted by Crippen LogP contribution is 2.38. The van der Waals surface area contributed by atoms with Crippen LogP contribution in [0.3, 0.4) is 0 Å². The van der Waals surface area contributed by atoms with Crippen molar-refractivity contribution in [1.82, 2.24) is 10.3 Å². The monoisotopic (exact) mass is 454 g/mol. The second kappa shape index (κ2) is 11.9. The van der Waals surface area contributed by atoms with Gasteiger partial charge in [0.1, 0.15) is 0 Å². The predicted octanol–water partition coefficient (Wildman–Crippen LogP) is 2.29. The van der Waals surface area contributed by atoms with E-state index in [4.69, 9.17) is 14.2 Å². The average molecular weight is 455 g/mol. The second-order valence-corrected chi connectivity index (χ2v) is 7.56. The molecule has 0 aliphatic carbocycles. The van der Waals surface area contributed by atoms with Gasteiger partial charge in [-0.15, -0.1) is 0 Å². The van der Waals surface area contributed by atoms with Gasteiger partial charge in [0.2, 0.25) is 11.7 Å². The summed E-state index contributed by atoms with van der Waals surface area (Å²) in [4.78, 5) is 28.2. The van der Waals surface area contributed by atoms with E-state index in [1.807, 2.05) is 18.2 Å². The number of piperazine rings is 1. The molecule has 2 aromatic carbocycles. The number of esters is 1. The summed E-state index contributed by atoms with van der Waals surface area (Å²) < 4.78 is 15.7. The number of anilines is 1. The van der Waals surface area contributed by atoms with Gasteiger partial charge in [-0.05, 0) is 24.3 Å². The van der Waals surface area contributed by atoms with E-state index < -0.39 is 5.97 Å². The normalized spacial score (nSPS) is 14.2. The molecule has 0 spiro atoms. The SMILES string of the molecule is COc1cc(/C=N/NC(=O)CCN2CCN(c3ccccc3)CC2)cc(OC)c1OC(C)=O. The summed E-state index contributed by atoms with van der Waals surface area (Å²) in [6.45, 7) is 5.70. The lowest BCUT2D eigenvalue weighted by atomic mass is 10.2. The Morgan fingerprint density at radius 1 is 1.03 bits per heavy atom. The molecule has 1 heterocycles. The van der Waals surface area contributed by atoms with Crippen LogP contribution in [0.5, 0.6) is 17.2 Å². The van der Waals surface area contributed by atoms with E-state index >= 15 is 0 Å². The number of benzene rings is 2. The molecule has 0 unspecified atom stereocenters. The number of carbonyl (C=O) groups is 2. The predicted molar refractivity (Wildman–Crippen MR) is 126 cm³/mol. The van der Waals surface area contributed by atoms with Crippen molar-refractivity contribution in [3.05, 3.63) is 48.0 Å². The maximum absolute atomic E-state index is 12.2. The molecule has 0 bridgehead atoms. The number of carbonyl (C=O) groups excluding carboxylic acids is 2. The zero-order valence-electron chi connectivity index (χ0n) is 19.2. The van der Waals surface area contributed by atoms with E-state index in [1.54, 1.807) is 12.1 Å². The van der Waals surface area contributed by atoms with E-state index in [0.29, 0.717) is 30.0 Å². The van der Waals surface area contributed by atoms with Crippen molar-refractivity contribution in [1.29, 1.82) is 0 Å². The summed E-state index contributed by atoms with van der Waals surface area (Å²) in [5.41, 5.74) is 4.41. The Hall–Kier alpha value is -3.59. The Balaban J connectivity index is 1.47. The van der Waals surface area contributed by atoms with Crippen molar-refractivity contribution in [3.8, 4) is 17.2 Å². The van der Waals surface area contributed by atoms with Gasteiger partial charge in [-0.1, -0.05) is 18.2 Å². The standard InChI is InChI=1S/C24H30N4O5/c1-18(29)33-24-21(31-2)15-19(16-22(24)32-3)17-25-26-23(30)9-10-27-11-13-28(14-12-27)20-7-5-4-6-8-20/h4-8,15-17H,9-14H2,1-3H3,(H,26,30)/b25-17+. The molecule has 0 radical (unpaired) electrons. The lowest BCUT2D eigenvalue weighted by molar-refractivity contribution is -0.132. The van der Waals surface area contributed by atoms with Crippen LogP contribution in [0, 0.1) is 0 Å². The van der Waals surface area contributed by atoms with Gasteiger partial charge in [0, 0.05) is 57.3 Å². The lowest BCUT2D eigenvalue weighted by Gasteiger charge is -2.36. The third kappa shape index (κ3) is 6.95. The van der Waals surface area contributed by atoms with Crippen LogP contribution < -0.4 is 24.5 Å². The van der Waals surface area contributed by atoms with Crippen molar-refractivity contribution >= 4 is 23.8 Å². The van der Waals surface area contributed by atoms with Gasteiger partial charge in [0.15, 0.2) is 11.5 Å². The number of hydrogen-bond donors (Lipinski definition) is 1. The quantitative estimate of drug-likeness (QED) is 0.269. The third-order valence-corrected chi connectivity index (χ3v) is 5.28. The van der Waals surface area contributed by atoms with Crippen molar-refractivity contribution in [2.75, 3.05) is 51.8 Å². The number of amides is 1. The third-order valence-electron chi connectivity index (χ3n) is 5.28. The average Bonchev–Trinajstić information content (AvgIpc) is 2.84. The minimum atomic E-state index is -0.484. The Labute approximate surface area is 193 Å². The van der Waals surface area contributed by atoms with E-state index in [1.165, 1.54) is 33.0 Å². The molecule has 1 saturated heterocycles. The fraction of sp³-hybridized carbons (Fsp3) is 0.375. The molecule has 1 N–H and O–H groups in total. The molecule has 0 aromatic heterocycles. The van der Waals surface area contributed by atoms with Crippen LogP contribution in [0.15, 0.2) is 47.6 Å². The topological polar surface area (TPSA) is 92.7 Å². The number of nitrogens with zero attached hydrogens (tertiary/aromatic N) is 3. The number of methoxy groups -OCH3 is 2. The van der Waals surface area contributed by atoms with Gasteiger partial charge in [-0.3, -0.25) is 14.5 Å². The van der Waals surface area contributed by atoms with Crippen molar-refractivity contribution in [3.63, 3.8) is 0 Å². The van der Waals surface area contributed by atoms with Gasteiger partial charge in [-0.2, -0.15) is 5.10 Å². The molecule has 3 rings (SSSR count). The molecule has 0 atom stereocenters. The minimum Gasteiger partial charge on any atom is -0.493 e. The number of ether oxygens (including phenoxy) is 3. The van der Waals surface area contributed by atoms with Crippen LogP contribution in [-0.4, -0.2) is 69.9 Å². The van der Waals surface area contributed by atoms with Crippen LogP contribution in [0.25, 0.3) is 0 Å². The number of para-hydroxylation sites is 1. The molecular weight excluding hydrogens is 424 g/mol. The molecule has 1 aliphatic rings. The molecule has 9 heteroatoms. The zero-order chi connectivity index (χ0) is 23.6. The summed E-state index contributed by atoms with van der Waals surface area (Å²) in [6.07, 6.45) is 1.85. The largest absolute Gasteiger partial charge is 0.493 e. The maximum atomic E-state index is 12.2. The van der Waals surface area contributed by atoms with Crippen LogP contribution in [-0.2, 0) is 9.59 Å². The highest BCUT2D eigenvalue weighted by molar-refractivity contribution is 5.85. The fourth-order valence-electron chi connectivity index (χ4n) is 3.58. The molecule has 176 valence electrons. The van der Waals surface area contributed by atoms with E-state index in [-0.39, 0.29) is 11.7 Å². The maximum Gasteiger partial charge on any atom is 0.308 e. The first kappa shape index (κ1) is 24.1. The molecule has 2 aromatic rings. The van der Waals surface area contributed by atoms with Crippen LogP contribution in [0.2, 0.25) is 0 Å². The van der Waals surface area contributed by atoms with Crippen molar-refractivity contribution in [2.45, 2.75) is 13.3 Å². The summed E-state index contributed by atoms with van der Waals surface area (Å²) in [5, 5.41) is 4.03. The highest BCUT2D eigenvalue weighted by atomic mass is 16.6. The van der Waals surface area contributed by atoms with Crippen LogP contribution >= 0.6 is 0 Å². The van der Waals surface area contributed by atoms with Crippen LogP contribution in [0.4, 0.5) is 5.69 Å². The Morgan fingerprint density at radius 2 is 1.67 bits per heavy atom. The summed E-state index contributed by atoms with van der Waals surface area (Å²) in [6, 6.07) is 13.6. The summed E-state index contributed by atoms with van der Waals surface area (Å²) in [7, 11) is 2.92. The summed E-state index contributed by atoms with van der Waals surface area (Å²) in [5.74, 6) is 0.203. The van der Waals surface area contributed by atoms with E-state index in [9.17, 15) is 9.59 Å². The first-order chi connectivity index (χ1) is 16.0. The molecular formula is C24H30N4O5. The molecule has 1 fully saturated rings. The number of nitrogens with one attached hydrogen (secondary N) is 1. The fourth-order valence-corrected chi connectivity index (χ4v) is 3.58. The molecule has 9 nitrogen and oxygen atoms in total. The van der Waals surface area contributed by atoms with Gasteiger partial charge >= 0.3 is 5.97 Å². The van der Waals surface area contributed by atoms with Crippen molar-refractivity contribution in [2.24, 2.45) is 5.10 Å².